The molecule has 5 aromatic carbocycles. The summed E-state index contributed by atoms with van der Waals surface area (Å²) < 4.78 is 5.92. The fourth-order valence-electron chi connectivity index (χ4n) is 6.34. The van der Waals surface area contributed by atoms with E-state index in [1.54, 1.807) is 12.1 Å². The van der Waals surface area contributed by atoms with Crippen molar-refractivity contribution in [1.82, 2.24) is 9.80 Å². The van der Waals surface area contributed by atoms with Crippen molar-refractivity contribution >= 4 is 45.3 Å². The van der Waals surface area contributed by atoms with E-state index in [1.165, 1.54) is 12.7 Å². The van der Waals surface area contributed by atoms with Gasteiger partial charge in [-0.05, 0) is 89.0 Å². The van der Waals surface area contributed by atoms with E-state index in [2.05, 4.69) is 34.1 Å². The Kier molecular flexibility index (Phi) is 10.9. The molecule has 2 aliphatic heterocycles. The predicted octanol–water partition coefficient (Wildman–Crippen LogP) is 8.56. The fourth-order valence-corrected chi connectivity index (χ4v) is 6.92. The van der Waals surface area contributed by atoms with E-state index in [0.29, 0.717) is 36.6 Å². The highest BCUT2D eigenvalue weighted by Gasteiger charge is 2.26. The van der Waals surface area contributed by atoms with Gasteiger partial charge in [-0.3, -0.25) is 9.59 Å². The van der Waals surface area contributed by atoms with Gasteiger partial charge in [0.05, 0.1) is 12.7 Å². The van der Waals surface area contributed by atoms with E-state index in [1.807, 2.05) is 94.7 Å². The van der Waals surface area contributed by atoms with Crippen LogP contribution in [0.15, 0.2) is 120 Å². The smallest absolute Gasteiger partial charge is 0.338 e. The average Bonchev–Trinajstić information content (AvgIpc) is 3.12. The molecule has 248 valence electrons. The summed E-state index contributed by atoms with van der Waals surface area (Å²) in [6.07, 6.45) is 2.30. The van der Waals surface area contributed by atoms with Gasteiger partial charge in [0.15, 0.2) is 0 Å². The van der Waals surface area contributed by atoms with Crippen LogP contribution >= 0.6 is 27.5 Å². The molecule has 5 aromatic rings. The second-order valence-electron chi connectivity index (χ2n) is 12.2. The van der Waals surface area contributed by atoms with Crippen molar-refractivity contribution < 1.29 is 19.1 Å². The van der Waals surface area contributed by atoms with Gasteiger partial charge in [0.2, 0.25) is 0 Å². The number of methoxy groups -OCH3 is 1. The molecule has 0 spiro atoms. The Labute approximate surface area is 300 Å². The van der Waals surface area contributed by atoms with Gasteiger partial charge in [0, 0.05) is 46.8 Å². The van der Waals surface area contributed by atoms with Crippen LogP contribution in [-0.2, 0) is 37.1 Å². The second kappa shape index (κ2) is 15.7. The van der Waals surface area contributed by atoms with E-state index < -0.39 is 5.97 Å². The molecule has 2 aliphatic rings. The topological polar surface area (TPSA) is 66.9 Å². The van der Waals surface area contributed by atoms with Crippen LogP contribution in [0.4, 0.5) is 0 Å². The lowest BCUT2D eigenvalue weighted by atomic mass is 9.93. The van der Waals surface area contributed by atoms with Crippen molar-refractivity contribution in [2.45, 2.75) is 32.4 Å². The number of carbonyl (C=O) groups is 3. The molecule has 0 N–H and O–H groups in total. The van der Waals surface area contributed by atoms with E-state index in [-0.39, 0.29) is 11.8 Å². The number of amides is 2. The zero-order valence-corrected chi connectivity index (χ0v) is 29.5. The molecular weight excluding hydrogens is 700 g/mol. The quantitative estimate of drug-likeness (QED) is 0.157. The molecule has 7 rings (SSSR count). The lowest BCUT2D eigenvalue weighted by molar-refractivity contribution is 0.0598. The molecule has 6 nitrogen and oxygen atoms in total. The standard InChI is InChI=1S/C25H22ClNO3.C16H14BrNO/c1-30-25(29)23-15-21(26)9-8-19(23)13-18-7-10-22-20(14-18)11-12-27(24(22)28)16-17-5-3-2-4-6-17;17-14-6-7-15-13(10-14)8-9-18(16(15)19)11-12-4-2-1-3-5-12/h2-10,14-15H,11-13,16H2,1H3;1-7,10H,8-9,11H2. The SMILES string of the molecule is COC(=O)c1cc(Cl)ccc1Cc1ccc2c(c1)CCN(Cc1ccccc1)C2=O.O=C1c2ccc(Br)cc2CCN1Cc1ccccc1. The first-order valence-electron chi connectivity index (χ1n) is 16.2. The molecule has 0 aliphatic carbocycles. The van der Waals surface area contributed by atoms with Gasteiger partial charge in [0.25, 0.3) is 11.8 Å². The van der Waals surface area contributed by atoms with Crippen molar-refractivity contribution in [2.24, 2.45) is 0 Å². The van der Waals surface area contributed by atoms with Gasteiger partial charge < -0.3 is 14.5 Å². The number of ether oxygens (including phenoxy) is 1. The fraction of sp³-hybridized carbons (Fsp3) is 0.195. The van der Waals surface area contributed by atoms with Gasteiger partial charge in [-0.25, -0.2) is 4.79 Å². The van der Waals surface area contributed by atoms with E-state index in [9.17, 15) is 14.4 Å². The molecule has 0 aromatic heterocycles. The summed E-state index contributed by atoms with van der Waals surface area (Å²) >= 11 is 9.51. The number of benzene rings is 5. The number of carbonyl (C=O) groups excluding carboxylic acids is 3. The van der Waals surface area contributed by atoms with Crippen LogP contribution in [0.2, 0.25) is 5.02 Å². The van der Waals surface area contributed by atoms with Crippen LogP contribution in [0.25, 0.3) is 0 Å². The Morgan fingerprint density at radius 3 is 1.82 bits per heavy atom. The third kappa shape index (κ3) is 8.30. The van der Waals surface area contributed by atoms with Crippen molar-refractivity contribution in [1.29, 1.82) is 0 Å². The number of halogens is 2. The largest absolute Gasteiger partial charge is 0.465 e. The summed E-state index contributed by atoms with van der Waals surface area (Å²) in [5, 5.41) is 0.494. The highest BCUT2D eigenvalue weighted by Crippen LogP contribution is 2.26. The summed E-state index contributed by atoms with van der Waals surface area (Å²) in [6.45, 7) is 2.79. The third-order valence-electron chi connectivity index (χ3n) is 8.88. The van der Waals surface area contributed by atoms with Crippen LogP contribution in [0.5, 0.6) is 0 Å². The van der Waals surface area contributed by atoms with Crippen molar-refractivity contribution in [2.75, 3.05) is 20.2 Å². The Hall–Kier alpha value is -4.72. The Bertz CT molecular complexity index is 1980. The van der Waals surface area contributed by atoms with E-state index in [4.69, 9.17) is 16.3 Å². The molecule has 2 amide bonds. The minimum absolute atomic E-state index is 0.0633. The minimum atomic E-state index is -0.405. The maximum absolute atomic E-state index is 13.0. The maximum Gasteiger partial charge on any atom is 0.338 e. The molecule has 2 heterocycles. The number of hydrogen-bond acceptors (Lipinski definition) is 4. The molecule has 8 heteroatoms. The molecule has 0 saturated carbocycles. The van der Waals surface area contributed by atoms with E-state index in [0.717, 1.165) is 62.8 Å². The first kappa shape index (κ1) is 34.2. The highest BCUT2D eigenvalue weighted by atomic mass is 79.9. The number of fused-ring (bicyclic) bond motifs is 2. The Morgan fingerprint density at radius 2 is 1.24 bits per heavy atom. The second-order valence-corrected chi connectivity index (χ2v) is 13.5. The molecule has 0 bridgehead atoms. The van der Waals surface area contributed by atoms with Gasteiger partial charge in [-0.2, -0.15) is 0 Å². The molecule has 0 atom stereocenters. The maximum atomic E-state index is 13.0. The van der Waals surface area contributed by atoms with Gasteiger partial charge >= 0.3 is 5.97 Å². The van der Waals surface area contributed by atoms with Gasteiger partial charge in [-0.1, -0.05) is 106 Å². The van der Waals surface area contributed by atoms with Crippen LogP contribution in [0.1, 0.15) is 64.5 Å². The van der Waals surface area contributed by atoms with Crippen LogP contribution < -0.4 is 0 Å². The van der Waals surface area contributed by atoms with Crippen LogP contribution in [0, 0.1) is 0 Å². The summed E-state index contributed by atoms with van der Waals surface area (Å²) in [5.41, 5.74) is 8.45. The average molecular weight is 736 g/mol. The lowest BCUT2D eigenvalue weighted by Gasteiger charge is -2.29. The van der Waals surface area contributed by atoms with Crippen LogP contribution in [-0.4, -0.2) is 47.8 Å². The van der Waals surface area contributed by atoms with Gasteiger partial charge in [0.1, 0.15) is 0 Å². The lowest BCUT2D eigenvalue weighted by Crippen LogP contribution is -2.37. The molecule has 0 radical (unpaired) electrons. The van der Waals surface area contributed by atoms with Crippen molar-refractivity contribution in [3.8, 4) is 0 Å². The summed E-state index contributed by atoms with van der Waals surface area (Å²) in [7, 11) is 1.36. The zero-order chi connectivity index (χ0) is 34.3. The Morgan fingerprint density at radius 1 is 0.694 bits per heavy atom. The first-order chi connectivity index (χ1) is 23.8. The first-order valence-corrected chi connectivity index (χ1v) is 17.4. The summed E-state index contributed by atoms with van der Waals surface area (Å²) in [4.78, 5) is 41.3. The molecule has 0 unspecified atom stereocenters. The molecular formula is C41H36BrClN2O4. The molecule has 0 fully saturated rings. The summed E-state index contributed by atoms with van der Waals surface area (Å²) in [5.74, 6) is -0.205. The predicted molar refractivity (Wildman–Crippen MR) is 196 cm³/mol. The number of esters is 1. The number of hydrogen-bond donors (Lipinski definition) is 0. The monoisotopic (exact) mass is 734 g/mol. The molecule has 49 heavy (non-hydrogen) atoms. The highest BCUT2D eigenvalue weighted by molar-refractivity contribution is 9.10. The zero-order valence-electron chi connectivity index (χ0n) is 27.2. The number of nitrogens with zero attached hydrogens (tertiary/aromatic N) is 2. The third-order valence-corrected chi connectivity index (χ3v) is 9.61. The van der Waals surface area contributed by atoms with Crippen molar-refractivity contribution in [3.63, 3.8) is 0 Å². The van der Waals surface area contributed by atoms with E-state index >= 15 is 0 Å². The minimum Gasteiger partial charge on any atom is -0.465 e. The normalized spacial score (nSPS) is 13.6. The molecule has 0 saturated heterocycles. The van der Waals surface area contributed by atoms with Crippen molar-refractivity contribution in [3.05, 3.63) is 175 Å². The Balaban J connectivity index is 0.000000188. The number of rotatable bonds is 7. The summed E-state index contributed by atoms with van der Waals surface area (Å²) in [6, 6.07) is 37.2. The van der Waals surface area contributed by atoms with Crippen LogP contribution in [0.3, 0.4) is 0 Å². The van der Waals surface area contributed by atoms with Gasteiger partial charge in [-0.15, -0.1) is 0 Å².